The number of aliphatic carboxylic acids is 1. The Morgan fingerprint density at radius 2 is 1.81 bits per heavy atom. The summed E-state index contributed by atoms with van der Waals surface area (Å²) in [6.07, 6.45) is 2.60. The van der Waals surface area contributed by atoms with Gasteiger partial charge in [-0.25, -0.2) is 4.79 Å². The second-order valence-electron chi connectivity index (χ2n) is 6.65. The van der Waals surface area contributed by atoms with Gasteiger partial charge in [-0.2, -0.15) is 0 Å². The molecule has 0 aromatic carbocycles. The minimum absolute atomic E-state index is 0.0276. The highest BCUT2D eigenvalue weighted by Crippen LogP contribution is 2.51. The largest absolute Gasteiger partial charge is 0.481 e. The molecule has 1 saturated heterocycles. The lowest BCUT2D eigenvalue weighted by atomic mass is 9.92. The molecular formula is C15H27N3O3. The first-order chi connectivity index (χ1) is 9.93. The van der Waals surface area contributed by atoms with Crippen LogP contribution in [-0.2, 0) is 4.79 Å². The van der Waals surface area contributed by atoms with Crippen LogP contribution in [-0.4, -0.2) is 66.2 Å². The van der Waals surface area contributed by atoms with Gasteiger partial charge in [-0.05, 0) is 24.2 Å². The Bertz CT molecular complexity index is 386. The molecule has 0 atom stereocenters. The lowest BCUT2D eigenvalue weighted by molar-refractivity contribution is -0.137. The highest BCUT2D eigenvalue weighted by atomic mass is 16.4. The van der Waals surface area contributed by atoms with E-state index in [9.17, 15) is 9.59 Å². The highest BCUT2D eigenvalue weighted by Gasteiger charge is 2.45. The third kappa shape index (κ3) is 4.33. The molecule has 2 rings (SSSR count). The zero-order chi connectivity index (χ0) is 15.5. The standard InChI is InChI=1S/C15H27N3O3/c1-12(2)15(4-5-15)11-16-14(21)18-9-7-17(8-10-18)6-3-13(19)20/h12H,3-11H2,1-2H3,(H,16,21)(H,19,20). The van der Waals surface area contributed by atoms with Gasteiger partial charge in [0.05, 0.1) is 6.42 Å². The summed E-state index contributed by atoms with van der Waals surface area (Å²) in [7, 11) is 0. The predicted octanol–water partition coefficient (Wildman–Crippen LogP) is 1.22. The molecule has 1 saturated carbocycles. The molecule has 2 aliphatic rings. The smallest absolute Gasteiger partial charge is 0.317 e. The Morgan fingerprint density at radius 1 is 1.19 bits per heavy atom. The first-order valence-corrected chi connectivity index (χ1v) is 7.90. The zero-order valence-corrected chi connectivity index (χ0v) is 13.1. The van der Waals surface area contributed by atoms with Crippen LogP contribution in [0.25, 0.3) is 0 Å². The van der Waals surface area contributed by atoms with Crippen molar-refractivity contribution in [2.45, 2.75) is 33.1 Å². The molecule has 21 heavy (non-hydrogen) atoms. The van der Waals surface area contributed by atoms with Gasteiger partial charge in [0.25, 0.3) is 0 Å². The minimum Gasteiger partial charge on any atom is -0.481 e. The van der Waals surface area contributed by atoms with Gasteiger partial charge in [0.1, 0.15) is 0 Å². The molecular weight excluding hydrogens is 270 g/mol. The zero-order valence-electron chi connectivity index (χ0n) is 13.1. The third-order valence-electron chi connectivity index (χ3n) is 5.01. The number of nitrogens with zero attached hydrogens (tertiary/aromatic N) is 2. The van der Waals surface area contributed by atoms with Crippen LogP contribution in [0.1, 0.15) is 33.1 Å². The van der Waals surface area contributed by atoms with Gasteiger partial charge < -0.3 is 15.3 Å². The molecule has 1 aliphatic carbocycles. The second-order valence-corrected chi connectivity index (χ2v) is 6.65. The molecule has 0 spiro atoms. The Morgan fingerprint density at radius 3 is 2.29 bits per heavy atom. The number of nitrogens with one attached hydrogen (secondary N) is 1. The molecule has 0 radical (unpaired) electrons. The van der Waals surface area contributed by atoms with Gasteiger partial charge in [0.2, 0.25) is 0 Å². The number of hydrogen-bond acceptors (Lipinski definition) is 3. The maximum Gasteiger partial charge on any atom is 0.317 e. The van der Waals surface area contributed by atoms with Crippen molar-refractivity contribution >= 4 is 12.0 Å². The topological polar surface area (TPSA) is 72.9 Å². The van der Waals surface area contributed by atoms with Crippen LogP contribution in [0.4, 0.5) is 4.79 Å². The van der Waals surface area contributed by atoms with Crippen molar-refractivity contribution < 1.29 is 14.7 Å². The molecule has 2 N–H and O–H groups in total. The van der Waals surface area contributed by atoms with Crippen LogP contribution >= 0.6 is 0 Å². The Kier molecular flexibility index (Phi) is 5.08. The molecule has 1 heterocycles. The molecule has 0 unspecified atom stereocenters. The Balaban J connectivity index is 1.67. The van der Waals surface area contributed by atoms with Crippen LogP contribution in [0.5, 0.6) is 0 Å². The minimum atomic E-state index is -0.765. The number of carbonyl (C=O) groups is 2. The van der Waals surface area contributed by atoms with E-state index in [1.807, 2.05) is 4.90 Å². The average Bonchev–Trinajstić information content (AvgIpc) is 3.24. The van der Waals surface area contributed by atoms with Crippen LogP contribution in [0.2, 0.25) is 0 Å². The van der Waals surface area contributed by atoms with Crippen LogP contribution in [0.3, 0.4) is 0 Å². The first kappa shape index (κ1) is 16.1. The third-order valence-corrected chi connectivity index (χ3v) is 5.01. The van der Waals surface area contributed by atoms with E-state index in [4.69, 9.17) is 5.11 Å². The maximum atomic E-state index is 12.2. The fourth-order valence-corrected chi connectivity index (χ4v) is 2.91. The van der Waals surface area contributed by atoms with Crippen LogP contribution in [0.15, 0.2) is 0 Å². The molecule has 2 amide bonds. The van der Waals surface area contributed by atoms with E-state index < -0.39 is 5.97 Å². The summed E-state index contributed by atoms with van der Waals surface area (Å²) >= 11 is 0. The van der Waals surface area contributed by atoms with E-state index in [-0.39, 0.29) is 12.5 Å². The normalized spacial score (nSPS) is 21.4. The van der Waals surface area contributed by atoms with Crippen molar-refractivity contribution in [1.29, 1.82) is 0 Å². The summed E-state index contributed by atoms with van der Waals surface area (Å²) in [5.41, 5.74) is 0.332. The number of carboxylic acid groups (broad SMARTS) is 1. The van der Waals surface area contributed by atoms with E-state index in [0.717, 1.165) is 19.6 Å². The lowest BCUT2D eigenvalue weighted by Gasteiger charge is -2.35. The molecule has 0 bridgehead atoms. The van der Waals surface area contributed by atoms with Gasteiger partial charge in [-0.1, -0.05) is 13.8 Å². The van der Waals surface area contributed by atoms with Gasteiger partial charge in [0.15, 0.2) is 0 Å². The summed E-state index contributed by atoms with van der Waals surface area (Å²) in [6, 6.07) is 0.0276. The summed E-state index contributed by atoms with van der Waals surface area (Å²) in [5.74, 6) is -0.149. The summed E-state index contributed by atoms with van der Waals surface area (Å²) in [4.78, 5) is 26.7. The molecule has 1 aliphatic heterocycles. The van der Waals surface area contributed by atoms with Gasteiger partial charge in [0, 0.05) is 39.3 Å². The van der Waals surface area contributed by atoms with E-state index in [1.165, 1.54) is 12.8 Å². The number of carboxylic acids is 1. The number of hydrogen-bond donors (Lipinski definition) is 2. The van der Waals surface area contributed by atoms with Crippen molar-refractivity contribution in [2.24, 2.45) is 11.3 Å². The molecule has 120 valence electrons. The lowest BCUT2D eigenvalue weighted by Crippen LogP contribution is -2.52. The summed E-state index contributed by atoms with van der Waals surface area (Å²) in [5, 5.41) is 11.8. The first-order valence-electron chi connectivity index (χ1n) is 7.90. The van der Waals surface area contributed by atoms with E-state index in [0.29, 0.717) is 31.0 Å². The fraction of sp³-hybridized carbons (Fsp3) is 0.867. The van der Waals surface area contributed by atoms with Crippen molar-refractivity contribution in [3.63, 3.8) is 0 Å². The number of piperazine rings is 1. The number of rotatable bonds is 6. The van der Waals surface area contributed by atoms with E-state index in [1.54, 1.807) is 0 Å². The summed E-state index contributed by atoms with van der Waals surface area (Å²) < 4.78 is 0. The highest BCUT2D eigenvalue weighted by molar-refractivity contribution is 5.74. The van der Waals surface area contributed by atoms with Crippen molar-refractivity contribution in [3.05, 3.63) is 0 Å². The fourth-order valence-electron chi connectivity index (χ4n) is 2.91. The van der Waals surface area contributed by atoms with Crippen molar-refractivity contribution in [2.75, 3.05) is 39.3 Å². The Hall–Kier alpha value is -1.30. The molecule has 6 heteroatoms. The Labute approximate surface area is 126 Å². The molecule has 0 aromatic rings. The van der Waals surface area contributed by atoms with E-state index in [2.05, 4.69) is 24.1 Å². The summed E-state index contributed by atoms with van der Waals surface area (Å²) in [6.45, 7) is 8.68. The predicted molar refractivity (Wildman–Crippen MR) is 80.2 cm³/mol. The maximum absolute atomic E-state index is 12.2. The SMILES string of the molecule is CC(C)C1(CNC(=O)N2CCN(CCC(=O)O)CC2)CC1. The van der Waals surface area contributed by atoms with Crippen LogP contribution in [0, 0.1) is 11.3 Å². The number of urea groups is 1. The van der Waals surface area contributed by atoms with Crippen LogP contribution < -0.4 is 5.32 Å². The molecule has 0 aromatic heterocycles. The van der Waals surface area contributed by atoms with Gasteiger partial charge in [-0.15, -0.1) is 0 Å². The molecule has 6 nitrogen and oxygen atoms in total. The van der Waals surface area contributed by atoms with Crippen molar-refractivity contribution in [1.82, 2.24) is 15.1 Å². The quantitative estimate of drug-likeness (QED) is 0.773. The van der Waals surface area contributed by atoms with Crippen molar-refractivity contribution in [3.8, 4) is 0 Å². The number of carbonyl (C=O) groups excluding carboxylic acids is 1. The second kappa shape index (κ2) is 6.64. The van der Waals surface area contributed by atoms with Gasteiger partial charge in [-0.3, -0.25) is 9.69 Å². The number of amides is 2. The molecule has 2 fully saturated rings. The average molecular weight is 297 g/mol. The van der Waals surface area contributed by atoms with Gasteiger partial charge >= 0.3 is 12.0 Å². The van der Waals surface area contributed by atoms with E-state index >= 15 is 0 Å². The monoisotopic (exact) mass is 297 g/mol.